The van der Waals surface area contributed by atoms with Gasteiger partial charge in [-0.25, -0.2) is 9.79 Å². The van der Waals surface area contributed by atoms with Gasteiger partial charge in [0.1, 0.15) is 17.6 Å². The third kappa shape index (κ3) is 5.20. The van der Waals surface area contributed by atoms with Crippen molar-refractivity contribution >= 4 is 17.6 Å². The molecule has 3 aliphatic heterocycles. The molecular weight excluding hydrogens is 468 g/mol. The van der Waals surface area contributed by atoms with Gasteiger partial charge in [-0.05, 0) is 57.6 Å². The van der Waals surface area contributed by atoms with Crippen LogP contribution in [0.4, 0.5) is 10.5 Å². The van der Waals surface area contributed by atoms with Crippen LogP contribution in [0.15, 0.2) is 41.9 Å². The molecule has 5 heterocycles. The van der Waals surface area contributed by atoms with E-state index in [2.05, 4.69) is 26.8 Å². The van der Waals surface area contributed by atoms with Gasteiger partial charge >= 0.3 is 6.09 Å². The molecule has 1 amide bonds. The van der Waals surface area contributed by atoms with Crippen LogP contribution < -0.4 is 0 Å². The van der Waals surface area contributed by atoms with E-state index < -0.39 is 5.60 Å². The number of methoxy groups -OCH3 is 1. The Labute approximate surface area is 219 Å². The molecule has 37 heavy (non-hydrogen) atoms. The summed E-state index contributed by atoms with van der Waals surface area (Å²) in [6, 6.07) is 4.00. The zero-order valence-electron chi connectivity index (χ0n) is 22.6. The molecule has 0 radical (unpaired) electrons. The van der Waals surface area contributed by atoms with Crippen molar-refractivity contribution in [2.75, 3.05) is 40.3 Å². The number of amides is 1. The predicted molar refractivity (Wildman–Crippen MR) is 142 cm³/mol. The molecule has 0 aliphatic carbocycles. The summed E-state index contributed by atoms with van der Waals surface area (Å²) in [7, 11) is 3.84. The van der Waals surface area contributed by atoms with Gasteiger partial charge in [-0.15, -0.1) is 0 Å². The third-order valence-electron chi connectivity index (χ3n) is 7.77. The van der Waals surface area contributed by atoms with Gasteiger partial charge in [0.15, 0.2) is 0 Å². The fourth-order valence-electron chi connectivity index (χ4n) is 5.93. The summed E-state index contributed by atoms with van der Waals surface area (Å²) in [6.45, 7) is 9.67. The molecule has 0 N–H and O–H groups in total. The van der Waals surface area contributed by atoms with Gasteiger partial charge in [0.2, 0.25) is 0 Å². The minimum atomic E-state index is -0.474. The van der Waals surface area contributed by atoms with E-state index in [-0.39, 0.29) is 17.7 Å². The lowest BCUT2D eigenvalue weighted by Gasteiger charge is -2.47. The molecule has 2 aromatic heterocycles. The van der Waals surface area contributed by atoms with Crippen molar-refractivity contribution in [3.63, 3.8) is 0 Å². The van der Waals surface area contributed by atoms with Crippen molar-refractivity contribution < 1.29 is 14.3 Å². The molecule has 198 valence electrons. The van der Waals surface area contributed by atoms with Crippen LogP contribution in [0.3, 0.4) is 0 Å². The number of amidine groups is 1. The fourth-order valence-corrected chi connectivity index (χ4v) is 5.93. The van der Waals surface area contributed by atoms with Gasteiger partial charge in [-0.1, -0.05) is 0 Å². The molecule has 0 bridgehead atoms. The molecule has 3 aliphatic rings. The molecule has 2 saturated heterocycles. The summed E-state index contributed by atoms with van der Waals surface area (Å²) in [4.78, 5) is 33.1. The Morgan fingerprint density at radius 2 is 1.78 bits per heavy atom. The number of hydrogen-bond donors (Lipinski definition) is 0. The van der Waals surface area contributed by atoms with Crippen LogP contribution in [0.1, 0.15) is 62.9 Å². The van der Waals surface area contributed by atoms with Crippen LogP contribution in [0.2, 0.25) is 0 Å². The molecule has 9 heteroatoms. The van der Waals surface area contributed by atoms with Crippen LogP contribution in [0, 0.1) is 5.41 Å². The fraction of sp³-hybridized carbons (Fsp3) is 0.571. The zero-order chi connectivity index (χ0) is 26.2. The molecule has 5 rings (SSSR count). The average molecular weight is 507 g/mol. The van der Waals surface area contributed by atoms with Crippen molar-refractivity contribution in [2.45, 2.75) is 58.4 Å². The SMILES string of the molecule is COCc1cncc2c1C(N1CCC3(CCN(C(=O)OC(C)(C)C)C3)CC1)N(C)C(c1ccncc1)=N2. The summed E-state index contributed by atoms with van der Waals surface area (Å²) in [6.07, 6.45) is 10.3. The number of piperidine rings is 1. The van der Waals surface area contributed by atoms with Crippen molar-refractivity contribution in [2.24, 2.45) is 10.4 Å². The van der Waals surface area contributed by atoms with Gasteiger partial charge in [0.25, 0.3) is 0 Å². The Kier molecular flexibility index (Phi) is 6.93. The predicted octanol–water partition coefficient (Wildman–Crippen LogP) is 4.37. The van der Waals surface area contributed by atoms with Crippen LogP contribution in [-0.4, -0.2) is 82.5 Å². The summed E-state index contributed by atoms with van der Waals surface area (Å²) in [5.41, 5.74) is 3.82. The highest BCUT2D eigenvalue weighted by atomic mass is 16.6. The summed E-state index contributed by atoms with van der Waals surface area (Å²) in [5.74, 6) is 0.911. The number of carbonyl (C=O) groups is 1. The van der Waals surface area contributed by atoms with Gasteiger partial charge in [-0.3, -0.25) is 14.9 Å². The highest BCUT2D eigenvalue weighted by Crippen LogP contribution is 2.45. The van der Waals surface area contributed by atoms with Gasteiger partial charge in [0, 0.05) is 75.6 Å². The van der Waals surface area contributed by atoms with E-state index in [0.29, 0.717) is 6.61 Å². The van der Waals surface area contributed by atoms with Gasteiger partial charge < -0.3 is 19.3 Å². The number of ether oxygens (including phenoxy) is 2. The quantitative estimate of drug-likeness (QED) is 0.609. The highest BCUT2D eigenvalue weighted by molar-refractivity contribution is 6.01. The molecule has 1 unspecified atom stereocenters. The van der Waals surface area contributed by atoms with Gasteiger partial charge in [0.05, 0.1) is 18.5 Å². The molecule has 9 nitrogen and oxygen atoms in total. The van der Waals surface area contributed by atoms with Crippen molar-refractivity contribution in [3.05, 3.63) is 53.6 Å². The smallest absolute Gasteiger partial charge is 0.410 e. The number of aliphatic imine (C=N–C) groups is 1. The third-order valence-corrected chi connectivity index (χ3v) is 7.77. The monoisotopic (exact) mass is 506 g/mol. The summed E-state index contributed by atoms with van der Waals surface area (Å²) in [5, 5.41) is 0. The number of nitrogens with zero attached hydrogens (tertiary/aromatic N) is 6. The number of rotatable bonds is 4. The number of aromatic nitrogens is 2. The minimum Gasteiger partial charge on any atom is -0.444 e. The van der Waals surface area contributed by atoms with E-state index >= 15 is 0 Å². The zero-order valence-corrected chi connectivity index (χ0v) is 22.6. The lowest BCUT2D eigenvalue weighted by molar-refractivity contribution is 0.0163. The number of likely N-dealkylation sites (tertiary alicyclic amines) is 2. The maximum absolute atomic E-state index is 12.7. The standard InChI is InChI=1S/C28H38N6O3/c1-27(2,3)37-26(35)34-15-10-28(19-34)8-13-33(14-9-28)25-23-21(18-36-5)16-30-17-22(23)31-24(32(25)4)20-6-11-29-12-7-20/h6-7,11-12,16-17,25H,8-10,13-15,18-19H2,1-5H3. The van der Waals surface area contributed by atoms with Crippen molar-refractivity contribution in [1.29, 1.82) is 0 Å². The molecule has 0 saturated carbocycles. The second-order valence-corrected chi connectivity index (χ2v) is 11.5. The number of hydrogen-bond acceptors (Lipinski definition) is 8. The first-order chi connectivity index (χ1) is 17.7. The summed E-state index contributed by atoms with van der Waals surface area (Å²) < 4.78 is 11.2. The maximum Gasteiger partial charge on any atom is 0.410 e. The van der Waals surface area contributed by atoms with Crippen LogP contribution in [0.5, 0.6) is 0 Å². The Balaban J connectivity index is 1.38. The number of carbonyl (C=O) groups excluding carboxylic acids is 1. The average Bonchev–Trinajstić information content (AvgIpc) is 3.28. The second kappa shape index (κ2) is 10.0. The Bertz CT molecular complexity index is 1150. The number of fused-ring (bicyclic) bond motifs is 1. The van der Waals surface area contributed by atoms with Crippen LogP contribution in [0.25, 0.3) is 0 Å². The maximum atomic E-state index is 12.7. The first-order valence-corrected chi connectivity index (χ1v) is 13.1. The molecule has 0 aromatic carbocycles. The normalized spacial score (nSPS) is 21.6. The largest absolute Gasteiger partial charge is 0.444 e. The molecule has 2 fully saturated rings. The molecule has 2 aromatic rings. The Morgan fingerprint density at radius 1 is 1.08 bits per heavy atom. The molecule has 1 spiro atoms. The lowest BCUT2D eigenvalue weighted by atomic mass is 9.77. The highest BCUT2D eigenvalue weighted by Gasteiger charge is 2.45. The lowest BCUT2D eigenvalue weighted by Crippen LogP contribution is -2.50. The summed E-state index contributed by atoms with van der Waals surface area (Å²) >= 11 is 0. The van der Waals surface area contributed by atoms with E-state index in [9.17, 15) is 4.79 Å². The first-order valence-electron chi connectivity index (χ1n) is 13.1. The molecule has 1 atom stereocenters. The number of pyridine rings is 2. The van der Waals surface area contributed by atoms with E-state index in [1.165, 1.54) is 0 Å². The topological polar surface area (TPSA) is 83.4 Å². The van der Waals surface area contributed by atoms with Crippen LogP contribution in [-0.2, 0) is 16.1 Å². The Hall–Kier alpha value is -3.04. The minimum absolute atomic E-state index is 0.0181. The van der Waals surface area contributed by atoms with Crippen molar-refractivity contribution in [3.8, 4) is 0 Å². The van der Waals surface area contributed by atoms with Gasteiger partial charge in [-0.2, -0.15) is 0 Å². The molecular formula is C28H38N6O3. The van der Waals surface area contributed by atoms with E-state index in [1.54, 1.807) is 19.5 Å². The van der Waals surface area contributed by atoms with E-state index in [1.807, 2.05) is 50.2 Å². The van der Waals surface area contributed by atoms with Crippen molar-refractivity contribution in [1.82, 2.24) is 24.7 Å². The second-order valence-electron chi connectivity index (χ2n) is 11.5. The van der Waals surface area contributed by atoms with Crippen LogP contribution >= 0.6 is 0 Å². The Morgan fingerprint density at radius 3 is 2.46 bits per heavy atom. The first kappa shape index (κ1) is 25.6. The van der Waals surface area contributed by atoms with E-state index in [0.717, 1.165) is 73.7 Å². The van der Waals surface area contributed by atoms with E-state index in [4.69, 9.17) is 14.5 Å².